The molecule has 0 spiro atoms. The number of benzene rings is 3. The van der Waals surface area contributed by atoms with E-state index < -0.39 is 12.0 Å². The molecule has 0 radical (unpaired) electrons. The molecule has 9 nitrogen and oxygen atoms in total. The minimum atomic E-state index is -2.96. The van der Waals surface area contributed by atoms with Crippen molar-refractivity contribution >= 4 is 29.1 Å². The fourth-order valence-corrected chi connectivity index (χ4v) is 9.80. The fourth-order valence-electron chi connectivity index (χ4n) is 9.80. The smallest absolute Gasteiger partial charge is 0.273 e. The van der Waals surface area contributed by atoms with Crippen LogP contribution in [0.1, 0.15) is 90.9 Å². The lowest BCUT2D eigenvalue weighted by atomic mass is 9.68. The topological polar surface area (TPSA) is 96.4 Å². The summed E-state index contributed by atoms with van der Waals surface area (Å²) in [6.45, 7) is 11.4. The SMILES string of the molecule is CC(C)C[C@@H]1CC(F)(F)c2cc(O)ccc2[C@@H]1c1ccc(N2CCC(CN3CCN(c4ccc5c(c4)CN([C@H]4CCC(=O)NC4=O)C5=O)CC3)CC2)cc1. The van der Waals surface area contributed by atoms with Crippen molar-refractivity contribution in [3.8, 4) is 5.75 Å². The lowest BCUT2D eigenvalue weighted by Gasteiger charge is -2.40. The van der Waals surface area contributed by atoms with E-state index in [9.17, 15) is 19.5 Å². The zero-order valence-corrected chi connectivity index (χ0v) is 31.3. The van der Waals surface area contributed by atoms with Gasteiger partial charge in [-0.3, -0.25) is 24.6 Å². The molecule has 2 N–H and O–H groups in total. The minimum absolute atomic E-state index is 0.0407. The normalized spacial score (nSPS) is 24.9. The standard InChI is InChI=1S/C43H51F2N5O4/c1-27(2)21-30-24-43(44,45)37-23-34(51)8-10-36(37)40(30)29-3-5-32(6-4-29)48-15-13-28(14-16-48)25-47-17-19-49(20-18-47)33-7-9-35-31(22-33)26-50(42(35)54)38-11-12-39(52)46-41(38)53/h3-10,22-23,27-28,30,38,40,51H,11-21,24-26H2,1-2H3,(H,46,52,53)/t30-,38+,40-/m1/s1. The van der Waals surface area contributed by atoms with Crippen molar-refractivity contribution in [1.29, 1.82) is 0 Å². The molecule has 11 heteroatoms. The number of piperidine rings is 2. The number of amides is 3. The Bertz CT molecular complexity index is 1900. The number of imide groups is 1. The highest BCUT2D eigenvalue weighted by atomic mass is 19.3. The van der Waals surface area contributed by atoms with Gasteiger partial charge in [-0.1, -0.05) is 32.0 Å². The van der Waals surface area contributed by atoms with Gasteiger partial charge in [0.1, 0.15) is 11.8 Å². The second-order valence-electron chi connectivity index (χ2n) is 16.6. The summed E-state index contributed by atoms with van der Waals surface area (Å²) in [5.74, 6) is -3.27. The van der Waals surface area contributed by atoms with E-state index in [-0.39, 0.29) is 53.7 Å². The number of aromatic hydroxyl groups is 1. The summed E-state index contributed by atoms with van der Waals surface area (Å²) in [7, 11) is 0. The number of carbonyl (C=O) groups is 3. The highest BCUT2D eigenvalue weighted by Gasteiger charge is 2.46. The maximum Gasteiger partial charge on any atom is 0.273 e. The molecule has 0 unspecified atom stereocenters. The number of alkyl halides is 2. The van der Waals surface area contributed by atoms with Crippen LogP contribution in [0, 0.1) is 17.8 Å². The predicted molar refractivity (Wildman–Crippen MR) is 204 cm³/mol. The summed E-state index contributed by atoms with van der Waals surface area (Å²) in [5, 5.41) is 12.4. The van der Waals surface area contributed by atoms with Crippen molar-refractivity contribution < 1.29 is 28.3 Å². The molecule has 3 fully saturated rings. The zero-order chi connectivity index (χ0) is 37.7. The summed E-state index contributed by atoms with van der Waals surface area (Å²) >= 11 is 0. The lowest BCUT2D eigenvalue weighted by molar-refractivity contribution is -0.136. The summed E-state index contributed by atoms with van der Waals surface area (Å²) < 4.78 is 30.6. The second-order valence-corrected chi connectivity index (χ2v) is 16.6. The summed E-state index contributed by atoms with van der Waals surface area (Å²) in [6.07, 6.45) is 3.36. The lowest BCUT2D eigenvalue weighted by Crippen LogP contribution is -2.52. The molecule has 0 aromatic heterocycles. The number of halogens is 2. The van der Waals surface area contributed by atoms with E-state index in [1.165, 1.54) is 17.8 Å². The van der Waals surface area contributed by atoms with Gasteiger partial charge in [-0.15, -0.1) is 0 Å². The van der Waals surface area contributed by atoms with Crippen LogP contribution in [0.4, 0.5) is 20.2 Å². The van der Waals surface area contributed by atoms with E-state index in [1.807, 2.05) is 12.1 Å². The number of carbonyl (C=O) groups excluding carboxylic acids is 3. The third kappa shape index (κ3) is 7.19. The summed E-state index contributed by atoms with van der Waals surface area (Å²) in [5.41, 5.74) is 5.51. The van der Waals surface area contributed by atoms with Crippen molar-refractivity contribution in [2.75, 3.05) is 55.6 Å². The first-order valence-electron chi connectivity index (χ1n) is 19.7. The van der Waals surface area contributed by atoms with Crippen LogP contribution in [0.25, 0.3) is 0 Å². The third-order valence-electron chi connectivity index (χ3n) is 12.5. The van der Waals surface area contributed by atoms with E-state index in [4.69, 9.17) is 0 Å². The first kappa shape index (κ1) is 36.5. The highest BCUT2D eigenvalue weighted by Crippen LogP contribution is 2.53. The summed E-state index contributed by atoms with van der Waals surface area (Å²) in [6, 6.07) is 18.5. The maximum absolute atomic E-state index is 15.3. The molecule has 3 saturated heterocycles. The predicted octanol–water partition coefficient (Wildman–Crippen LogP) is 6.48. The van der Waals surface area contributed by atoms with E-state index >= 15 is 8.78 Å². The molecule has 0 saturated carbocycles. The number of anilines is 2. The first-order chi connectivity index (χ1) is 25.9. The molecule has 1 aliphatic carbocycles. The van der Waals surface area contributed by atoms with Gasteiger partial charge in [0.2, 0.25) is 11.8 Å². The van der Waals surface area contributed by atoms with Gasteiger partial charge in [0.05, 0.1) is 0 Å². The van der Waals surface area contributed by atoms with Gasteiger partial charge in [0.15, 0.2) is 0 Å². The largest absolute Gasteiger partial charge is 0.508 e. The molecule has 4 heterocycles. The molecular formula is C43H51F2N5O4. The Morgan fingerprint density at radius 2 is 1.56 bits per heavy atom. The highest BCUT2D eigenvalue weighted by molar-refractivity contribution is 6.05. The minimum Gasteiger partial charge on any atom is -0.508 e. The molecular weight excluding hydrogens is 689 g/mol. The van der Waals surface area contributed by atoms with E-state index in [2.05, 4.69) is 64.2 Å². The van der Waals surface area contributed by atoms with Crippen molar-refractivity contribution in [1.82, 2.24) is 15.1 Å². The molecule has 3 atom stereocenters. The van der Waals surface area contributed by atoms with Crippen LogP contribution in [0.5, 0.6) is 5.75 Å². The van der Waals surface area contributed by atoms with Crippen molar-refractivity contribution in [3.63, 3.8) is 0 Å². The Kier molecular flexibility index (Phi) is 9.87. The van der Waals surface area contributed by atoms with Crippen LogP contribution in [0.2, 0.25) is 0 Å². The molecule has 3 amide bonds. The average molecular weight is 740 g/mol. The Hall–Kier alpha value is -4.51. The van der Waals surface area contributed by atoms with Gasteiger partial charge in [0, 0.05) is 93.6 Å². The van der Waals surface area contributed by atoms with Crippen LogP contribution >= 0.6 is 0 Å². The number of hydrogen-bond acceptors (Lipinski definition) is 7. The van der Waals surface area contributed by atoms with Crippen LogP contribution < -0.4 is 15.1 Å². The zero-order valence-electron chi connectivity index (χ0n) is 31.3. The molecule has 3 aromatic carbocycles. The van der Waals surface area contributed by atoms with Crippen molar-refractivity contribution in [2.45, 2.75) is 76.8 Å². The second kappa shape index (κ2) is 14.6. The number of fused-ring (bicyclic) bond motifs is 2. The van der Waals surface area contributed by atoms with Crippen LogP contribution in [0.3, 0.4) is 0 Å². The van der Waals surface area contributed by atoms with Gasteiger partial charge in [-0.2, -0.15) is 0 Å². The van der Waals surface area contributed by atoms with Gasteiger partial charge < -0.3 is 19.8 Å². The Balaban J connectivity index is 0.838. The number of phenolic OH excluding ortho intramolecular Hbond substituents is 1. The van der Waals surface area contributed by atoms with Crippen molar-refractivity contribution in [2.24, 2.45) is 17.8 Å². The van der Waals surface area contributed by atoms with Gasteiger partial charge in [0.25, 0.3) is 11.8 Å². The monoisotopic (exact) mass is 739 g/mol. The molecule has 4 aliphatic heterocycles. The Labute approximate surface area is 316 Å². The number of nitrogens with zero attached hydrogens (tertiary/aromatic N) is 4. The molecule has 3 aromatic rings. The maximum atomic E-state index is 15.3. The van der Waals surface area contributed by atoms with Gasteiger partial charge >= 0.3 is 0 Å². The van der Waals surface area contributed by atoms with Crippen molar-refractivity contribution in [3.05, 3.63) is 88.5 Å². The van der Waals surface area contributed by atoms with E-state index in [1.54, 1.807) is 11.0 Å². The number of piperazine rings is 1. The first-order valence-corrected chi connectivity index (χ1v) is 19.7. The molecule has 286 valence electrons. The number of rotatable bonds is 8. The van der Waals surface area contributed by atoms with Crippen LogP contribution in [-0.4, -0.2) is 84.5 Å². The number of hydrogen-bond donors (Lipinski definition) is 2. The Morgan fingerprint density at radius 1 is 0.852 bits per heavy atom. The third-order valence-corrected chi connectivity index (χ3v) is 12.5. The molecule has 5 aliphatic rings. The number of phenols is 1. The summed E-state index contributed by atoms with van der Waals surface area (Å²) in [4.78, 5) is 46.2. The quantitative estimate of drug-likeness (QED) is 0.256. The van der Waals surface area contributed by atoms with E-state index in [0.29, 0.717) is 42.3 Å². The molecule has 0 bridgehead atoms. The fraction of sp³-hybridized carbons (Fsp3) is 0.512. The number of nitrogens with one attached hydrogen (secondary N) is 1. The van der Waals surface area contributed by atoms with Crippen LogP contribution in [0.15, 0.2) is 60.7 Å². The molecule has 8 rings (SSSR count). The Morgan fingerprint density at radius 3 is 2.26 bits per heavy atom. The van der Waals surface area contributed by atoms with Gasteiger partial charge in [-0.05, 0) is 103 Å². The van der Waals surface area contributed by atoms with Gasteiger partial charge in [-0.25, -0.2) is 8.78 Å². The molecule has 54 heavy (non-hydrogen) atoms. The van der Waals surface area contributed by atoms with E-state index in [0.717, 1.165) is 75.5 Å². The van der Waals surface area contributed by atoms with Crippen LogP contribution in [-0.2, 0) is 22.1 Å². The average Bonchev–Trinajstić information content (AvgIpc) is 3.47.